The van der Waals surface area contributed by atoms with E-state index in [1.54, 1.807) is 31.3 Å². The van der Waals surface area contributed by atoms with Gasteiger partial charge in [-0.25, -0.2) is 8.78 Å². The fourth-order valence-corrected chi connectivity index (χ4v) is 3.43. The van der Waals surface area contributed by atoms with Crippen LogP contribution in [0.2, 0.25) is 0 Å². The number of nitrogens with one attached hydrogen (secondary N) is 2. The topological polar surface area (TPSA) is 60.0 Å². The number of guanidine groups is 1. The Bertz CT molecular complexity index is 870. The van der Waals surface area contributed by atoms with E-state index in [4.69, 9.17) is 0 Å². The van der Waals surface area contributed by atoms with Gasteiger partial charge in [-0.05, 0) is 29.8 Å². The molecule has 1 amide bonds. The molecule has 168 valence electrons. The molecule has 31 heavy (non-hydrogen) atoms. The van der Waals surface area contributed by atoms with Gasteiger partial charge in [-0.3, -0.25) is 9.79 Å². The van der Waals surface area contributed by atoms with E-state index >= 15 is 0 Å². The minimum Gasteiger partial charge on any atom is -0.366 e. The van der Waals surface area contributed by atoms with Crippen molar-refractivity contribution < 1.29 is 13.6 Å². The van der Waals surface area contributed by atoms with Crippen molar-refractivity contribution in [3.63, 3.8) is 0 Å². The molecule has 0 spiro atoms. The van der Waals surface area contributed by atoms with E-state index in [1.165, 1.54) is 18.2 Å². The molecule has 0 unspecified atom stereocenters. The first kappa shape index (κ1) is 24.8. The van der Waals surface area contributed by atoms with E-state index in [9.17, 15) is 13.6 Å². The number of hydrogen-bond acceptors (Lipinski definition) is 3. The highest BCUT2D eigenvalue weighted by Gasteiger charge is 2.21. The van der Waals surface area contributed by atoms with Gasteiger partial charge in [-0.1, -0.05) is 24.3 Å². The lowest BCUT2D eigenvalue weighted by atomic mass is 10.1. The standard InChI is InChI=1S/C22H27F2N5O.HI/c1-25-22(27-11-10-26-21(30)16-17-6-8-18(23)9-7-17)29-14-12-28(13-15-29)20-5-3-2-4-19(20)24;/h2-9H,10-16H2,1H3,(H,25,27)(H,26,30);1H. The van der Waals surface area contributed by atoms with E-state index in [-0.39, 0.29) is 47.9 Å². The van der Waals surface area contributed by atoms with Gasteiger partial charge in [-0.2, -0.15) is 0 Å². The summed E-state index contributed by atoms with van der Waals surface area (Å²) in [6.45, 7) is 3.85. The molecule has 1 aliphatic rings. The van der Waals surface area contributed by atoms with E-state index in [2.05, 4.69) is 20.5 Å². The number of aliphatic imine (C=N–C) groups is 1. The molecule has 1 saturated heterocycles. The number of carbonyl (C=O) groups excluding carboxylic acids is 1. The molecule has 1 aliphatic heterocycles. The molecule has 2 aromatic rings. The largest absolute Gasteiger partial charge is 0.366 e. The van der Waals surface area contributed by atoms with Gasteiger partial charge in [0.1, 0.15) is 11.6 Å². The first-order valence-corrected chi connectivity index (χ1v) is 10.0. The Morgan fingerprint density at radius 2 is 1.61 bits per heavy atom. The SMILES string of the molecule is CN=C(NCCNC(=O)Cc1ccc(F)cc1)N1CCN(c2ccccc2F)CC1.I. The van der Waals surface area contributed by atoms with Crippen LogP contribution in [0.15, 0.2) is 53.5 Å². The van der Waals surface area contributed by atoms with Crippen molar-refractivity contribution in [3.8, 4) is 0 Å². The van der Waals surface area contributed by atoms with Crippen LogP contribution >= 0.6 is 24.0 Å². The average Bonchev–Trinajstić information content (AvgIpc) is 2.76. The van der Waals surface area contributed by atoms with Crippen molar-refractivity contribution in [3.05, 3.63) is 65.7 Å². The Balaban J connectivity index is 0.00000341. The van der Waals surface area contributed by atoms with Crippen LogP contribution in [0.25, 0.3) is 0 Å². The van der Waals surface area contributed by atoms with Crippen LogP contribution in [-0.2, 0) is 11.2 Å². The molecule has 0 saturated carbocycles. The summed E-state index contributed by atoms with van der Waals surface area (Å²) in [6, 6.07) is 12.7. The Kier molecular flexibility index (Phi) is 9.96. The Morgan fingerprint density at radius 3 is 2.26 bits per heavy atom. The molecule has 0 aliphatic carbocycles. The first-order valence-electron chi connectivity index (χ1n) is 10.0. The van der Waals surface area contributed by atoms with Gasteiger partial charge < -0.3 is 20.4 Å². The summed E-state index contributed by atoms with van der Waals surface area (Å²) in [7, 11) is 1.72. The van der Waals surface area contributed by atoms with Gasteiger partial charge in [0.25, 0.3) is 0 Å². The van der Waals surface area contributed by atoms with Crippen LogP contribution in [0.1, 0.15) is 5.56 Å². The number of para-hydroxylation sites is 1. The molecule has 3 rings (SSSR count). The molecule has 0 atom stereocenters. The van der Waals surface area contributed by atoms with Gasteiger partial charge in [0.05, 0.1) is 12.1 Å². The normalized spacial score (nSPS) is 14.1. The van der Waals surface area contributed by atoms with Crippen molar-refractivity contribution >= 4 is 41.5 Å². The summed E-state index contributed by atoms with van der Waals surface area (Å²) < 4.78 is 26.9. The van der Waals surface area contributed by atoms with Crippen molar-refractivity contribution in [2.75, 3.05) is 51.2 Å². The lowest BCUT2D eigenvalue weighted by Gasteiger charge is -2.37. The highest BCUT2D eigenvalue weighted by Crippen LogP contribution is 2.20. The van der Waals surface area contributed by atoms with Crippen molar-refractivity contribution in [1.82, 2.24) is 15.5 Å². The molecule has 9 heteroatoms. The number of nitrogens with zero attached hydrogens (tertiary/aromatic N) is 3. The predicted molar refractivity (Wildman–Crippen MR) is 130 cm³/mol. The smallest absolute Gasteiger partial charge is 0.224 e. The fourth-order valence-electron chi connectivity index (χ4n) is 3.43. The molecule has 2 aromatic carbocycles. The van der Waals surface area contributed by atoms with Crippen molar-refractivity contribution in [1.29, 1.82) is 0 Å². The third kappa shape index (κ3) is 7.34. The molecule has 0 radical (unpaired) electrons. The number of anilines is 1. The zero-order valence-corrected chi connectivity index (χ0v) is 19.8. The number of rotatable bonds is 6. The highest BCUT2D eigenvalue weighted by molar-refractivity contribution is 14.0. The summed E-state index contributed by atoms with van der Waals surface area (Å²) >= 11 is 0. The van der Waals surface area contributed by atoms with Gasteiger partial charge in [0, 0.05) is 46.3 Å². The van der Waals surface area contributed by atoms with Gasteiger partial charge in [-0.15, -0.1) is 24.0 Å². The Morgan fingerprint density at radius 1 is 0.968 bits per heavy atom. The van der Waals surface area contributed by atoms with Crippen LogP contribution in [0.5, 0.6) is 0 Å². The van der Waals surface area contributed by atoms with Crippen LogP contribution in [-0.4, -0.2) is 63.1 Å². The molecular formula is C22H28F2IN5O. The summed E-state index contributed by atoms with van der Waals surface area (Å²) in [6.07, 6.45) is 0.215. The number of benzene rings is 2. The lowest BCUT2D eigenvalue weighted by Crippen LogP contribution is -2.53. The number of piperazine rings is 1. The maximum Gasteiger partial charge on any atom is 0.224 e. The number of hydrogen-bond donors (Lipinski definition) is 2. The average molecular weight is 543 g/mol. The second-order valence-electron chi connectivity index (χ2n) is 7.05. The van der Waals surface area contributed by atoms with Crippen molar-refractivity contribution in [2.45, 2.75) is 6.42 Å². The minimum absolute atomic E-state index is 0. The first-order chi connectivity index (χ1) is 14.6. The van der Waals surface area contributed by atoms with Crippen LogP contribution in [0, 0.1) is 11.6 Å². The highest BCUT2D eigenvalue weighted by atomic mass is 127. The predicted octanol–water partition coefficient (Wildman–Crippen LogP) is 2.64. The lowest BCUT2D eigenvalue weighted by molar-refractivity contribution is -0.120. The second-order valence-corrected chi connectivity index (χ2v) is 7.05. The number of halogens is 3. The number of amides is 1. The van der Waals surface area contributed by atoms with E-state index in [0.717, 1.165) is 24.6 Å². The fraction of sp³-hybridized carbons (Fsp3) is 0.364. The maximum absolute atomic E-state index is 14.0. The van der Waals surface area contributed by atoms with Gasteiger partial charge >= 0.3 is 0 Å². The monoisotopic (exact) mass is 543 g/mol. The van der Waals surface area contributed by atoms with Crippen molar-refractivity contribution in [2.24, 2.45) is 4.99 Å². The van der Waals surface area contributed by atoms with E-state index < -0.39 is 0 Å². The van der Waals surface area contributed by atoms with Crippen LogP contribution in [0.4, 0.5) is 14.5 Å². The molecule has 1 heterocycles. The van der Waals surface area contributed by atoms with Gasteiger partial charge in [0.2, 0.25) is 5.91 Å². The zero-order chi connectivity index (χ0) is 21.3. The third-order valence-electron chi connectivity index (χ3n) is 4.99. The Hall–Kier alpha value is -2.43. The Labute approximate surface area is 198 Å². The third-order valence-corrected chi connectivity index (χ3v) is 4.99. The van der Waals surface area contributed by atoms with Crippen LogP contribution < -0.4 is 15.5 Å². The summed E-state index contributed by atoms with van der Waals surface area (Å²) in [5, 5.41) is 6.10. The molecule has 6 nitrogen and oxygen atoms in total. The summed E-state index contributed by atoms with van der Waals surface area (Å²) in [5.74, 6) is 0.127. The number of carbonyl (C=O) groups is 1. The molecule has 1 fully saturated rings. The maximum atomic E-state index is 14.0. The van der Waals surface area contributed by atoms with Gasteiger partial charge in [0.15, 0.2) is 5.96 Å². The van der Waals surface area contributed by atoms with E-state index in [1.807, 2.05) is 11.0 Å². The molecule has 0 bridgehead atoms. The minimum atomic E-state index is -0.315. The molecule has 0 aromatic heterocycles. The second kappa shape index (κ2) is 12.4. The zero-order valence-electron chi connectivity index (χ0n) is 17.5. The molecule has 2 N–H and O–H groups in total. The van der Waals surface area contributed by atoms with Crippen LogP contribution in [0.3, 0.4) is 0 Å². The summed E-state index contributed by atoms with van der Waals surface area (Å²) in [4.78, 5) is 20.5. The quantitative estimate of drug-likeness (QED) is 0.255. The summed E-state index contributed by atoms with van der Waals surface area (Å²) in [5.41, 5.74) is 1.40. The van der Waals surface area contributed by atoms with E-state index in [0.29, 0.717) is 31.9 Å². The molecular weight excluding hydrogens is 515 g/mol.